The van der Waals surface area contributed by atoms with E-state index in [0.717, 1.165) is 10.5 Å². The second kappa shape index (κ2) is 16.8. The third-order valence-corrected chi connectivity index (χ3v) is 8.82. The Morgan fingerprint density at radius 3 is 2.77 bits per heavy atom. The number of methoxy groups -OCH3 is 1. The summed E-state index contributed by atoms with van der Waals surface area (Å²) < 4.78 is 22.4. The van der Waals surface area contributed by atoms with E-state index in [1.807, 2.05) is 38.1 Å². The molecule has 0 aliphatic heterocycles. The molecular formula is C22H32IN5O5S2. The van der Waals surface area contributed by atoms with Gasteiger partial charge in [0.15, 0.2) is 5.78 Å². The number of nitrogens with one attached hydrogen (secondary N) is 2. The van der Waals surface area contributed by atoms with Crippen LogP contribution in [0.4, 0.5) is 4.79 Å². The van der Waals surface area contributed by atoms with Crippen LogP contribution in [0.5, 0.6) is 0 Å². The molecule has 35 heavy (non-hydrogen) atoms. The van der Waals surface area contributed by atoms with Gasteiger partial charge in [-0.25, -0.2) is 4.68 Å². The zero-order valence-corrected chi connectivity index (χ0v) is 23.8. The number of aryl methyl sites for hydroxylation is 1. The van der Waals surface area contributed by atoms with Crippen LogP contribution in [0.15, 0.2) is 35.4 Å². The molecule has 1 aromatic carbocycles. The molecule has 1 atom stereocenters. The summed E-state index contributed by atoms with van der Waals surface area (Å²) in [5.74, 6) is -0.164. The van der Waals surface area contributed by atoms with Gasteiger partial charge in [-0.15, -0.1) is 5.10 Å². The number of rotatable bonds is 16. The number of benzene rings is 1. The van der Waals surface area contributed by atoms with E-state index in [9.17, 15) is 14.4 Å². The number of carbonyl (C=O) groups is 3. The normalized spacial score (nSPS) is 12.4. The van der Waals surface area contributed by atoms with Crippen molar-refractivity contribution in [2.45, 2.75) is 50.0 Å². The standard InChI is InChI=1S/C22H32IN5O5S2/c1-4-23-25-22(31)33-14-17-5-9-20(10-6-17)35-34-16(2)11-24-21(30)13-28-12-18(26-27-28)7-8-19(29)15-32-3/h5-6,9-10,12,16,23H,4,7-8,11,13-15H2,1-3H3,(H,24,30)(H,25,31)/i23D. The maximum atomic E-state index is 12.2. The number of nitrogens with zero attached hydrogens (tertiary/aromatic N) is 3. The molecule has 194 valence electrons. The van der Waals surface area contributed by atoms with Crippen LogP contribution in [0, 0.1) is 0 Å². The van der Waals surface area contributed by atoms with Gasteiger partial charge >= 0.3 is 134 Å². The van der Waals surface area contributed by atoms with Gasteiger partial charge in [0.1, 0.15) is 13.2 Å². The summed E-state index contributed by atoms with van der Waals surface area (Å²) in [7, 11) is 4.73. The van der Waals surface area contributed by atoms with Gasteiger partial charge in [-0.2, -0.15) is 0 Å². The number of alkyl halides is 1. The molecule has 0 bridgehead atoms. The number of aromatic nitrogens is 3. The van der Waals surface area contributed by atoms with Gasteiger partial charge in [0.05, 0.1) is 5.69 Å². The molecule has 1 unspecified atom stereocenters. The van der Waals surface area contributed by atoms with Crippen LogP contribution < -0.4 is 8.85 Å². The molecule has 0 radical (unpaired) electrons. The van der Waals surface area contributed by atoms with E-state index in [1.54, 1.807) is 27.8 Å². The quantitative estimate of drug-likeness (QED) is 0.123. The molecule has 10 nitrogen and oxygen atoms in total. The van der Waals surface area contributed by atoms with Crippen LogP contribution >= 0.6 is 42.9 Å². The van der Waals surface area contributed by atoms with Crippen molar-refractivity contribution in [3.8, 4) is 0 Å². The molecule has 2 N–H and O–H groups in total. The van der Waals surface area contributed by atoms with Crippen molar-refractivity contribution in [3.63, 3.8) is 0 Å². The molecule has 0 aliphatic rings. The summed E-state index contributed by atoms with van der Waals surface area (Å²) in [4.78, 5) is 36.5. The Morgan fingerprint density at radius 1 is 1.29 bits per heavy atom. The minimum absolute atomic E-state index is 0.00378. The van der Waals surface area contributed by atoms with Crippen molar-refractivity contribution in [3.05, 3.63) is 41.7 Å². The van der Waals surface area contributed by atoms with E-state index in [-0.39, 0.29) is 36.7 Å². The molecule has 2 rings (SSSR count). The predicted octanol–water partition coefficient (Wildman–Crippen LogP) is 3.24. The average Bonchev–Trinajstić information content (AvgIpc) is 3.31. The van der Waals surface area contributed by atoms with Crippen molar-refractivity contribution >= 4 is 60.7 Å². The van der Waals surface area contributed by atoms with Crippen LogP contribution in [0.25, 0.3) is 0 Å². The Bertz CT molecular complexity index is 982. The number of Topliss-reactive ketones (excluding diaryl/α,β-unsaturated/α-hetero) is 1. The Hall–Kier alpha value is -1.84. The SMILES string of the molecule is [2H]I(CC)NC(=O)OCc1ccc(SSC(C)CNC(=O)Cn2cc(CCC(=O)COC)nn2)cc1. The average molecular weight is 639 g/mol. The van der Waals surface area contributed by atoms with Gasteiger partial charge in [0, 0.05) is 26.1 Å². The van der Waals surface area contributed by atoms with E-state index in [4.69, 9.17) is 10.1 Å². The van der Waals surface area contributed by atoms with Gasteiger partial charge in [0.2, 0.25) is 5.91 Å². The van der Waals surface area contributed by atoms with Gasteiger partial charge in [-0.1, -0.05) is 5.21 Å². The molecule has 0 saturated carbocycles. The molecular weight excluding hydrogens is 605 g/mol. The number of halogens is 1. The summed E-state index contributed by atoms with van der Waals surface area (Å²) in [6.07, 6.45) is 1.94. The Morgan fingerprint density at radius 2 is 2.06 bits per heavy atom. The van der Waals surface area contributed by atoms with E-state index in [2.05, 4.69) is 19.2 Å². The van der Waals surface area contributed by atoms with Crippen LogP contribution in [0.1, 0.15) is 31.5 Å². The third-order valence-electron chi connectivity index (χ3n) is 4.32. The van der Waals surface area contributed by atoms with E-state index in [1.165, 1.54) is 11.8 Å². The summed E-state index contributed by atoms with van der Waals surface area (Å²) in [6.45, 7) is 4.73. The van der Waals surface area contributed by atoms with Crippen molar-refractivity contribution in [2.24, 2.45) is 0 Å². The Kier molecular flexibility index (Phi) is 13.3. The van der Waals surface area contributed by atoms with Crippen LogP contribution in [0.2, 0.25) is 0 Å². The zero-order valence-electron chi connectivity index (χ0n) is 21.0. The predicted molar refractivity (Wildman–Crippen MR) is 147 cm³/mol. The zero-order chi connectivity index (χ0) is 26.3. The summed E-state index contributed by atoms with van der Waals surface area (Å²) in [6, 6.07) is 7.72. The van der Waals surface area contributed by atoms with Crippen molar-refractivity contribution < 1.29 is 23.9 Å². The van der Waals surface area contributed by atoms with E-state index >= 15 is 0 Å². The first-order valence-corrected chi connectivity index (χ1v) is 15.8. The molecule has 0 fully saturated rings. The number of hydrogen-bond donors (Lipinski definition) is 2. The fourth-order valence-corrected chi connectivity index (χ4v) is 5.49. The Balaban J connectivity index is 1.64. The van der Waals surface area contributed by atoms with Crippen LogP contribution in [0.3, 0.4) is 0 Å². The van der Waals surface area contributed by atoms with Crippen molar-refractivity contribution in [1.82, 2.24) is 23.8 Å². The number of ketones is 1. The molecule has 13 heteroatoms. The van der Waals surface area contributed by atoms with Gasteiger partial charge in [0.25, 0.3) is 0 Å². The minimum atomic E-state index is -2.12. The topological polar surface area (TPSA) is 124 Å². The molecule has 0 aliphatic carbocycles. The first-order chi connectivity index (χ1) is 17.3. The summed E-state index contributed by atoms with van der Waals surface area (Å²) in [5, 5.41) is 11.0. The van der Waals surface area contributed by atoms with Crippen molar-refractivity contribution in [1.29, 1.82) is 0.594 Å². The number of hydrogen-bond acceptors (Lipinski definition) is 9. The van der Waals surface area contributed by atoms with Gasteiger partial charge < -0.3 is 10.1 Å². The first kappa shape index (κ1) is 27.7. The van der Waals surface area contributed by atoms with E-state index < -0.39 is 27.4 Å². The second-order valence-electron chi connectivity index (χ2n) is 7.39. The Labute approximate surface area is 224 Å². The molecule has 0 saturated heterocycles. The fourth-order valence-electron chi connectivity index (χ4n) is 2.60. The van der Waals surface area contributed by atoms with Crippen LogP contribution in [-0.4, -0.2) is 63.3 Å². The fraction of sp³-hybridized carbons (Fsp3) is 0.500. The molecule has 0 spiro atoms. The van der Waals surface area contributed by atoms with E-state index in [0.29, 0.717) is 29.5 Å². The first-order valence-electron chi connectivity index (χ1n) is 11.4. The summed E-state index contributed by atoms with van der Waals surface area (Å²) in [5.41, 5.74) is 1.53. The summed E-state index contributed by atoms with van der Waals surface area (Å²) >= 11 is -2.12. The van der Waals surface area contributed by atoms with Gasteiger partial charge in [-0.3, -0.25) is 9.59 Å². The van der Waals surface area contributed by atoms with Crippen molar-refractivity contribution in [2.75, 3.05) is 24.7 Å². The third kappa shape index (κ3) is 12.6. The maximum absolute atomic E-state index is 12.2. The monoisotopic (exact) mass is 638 g/mol. The van der Waals surface area contributed by atoms with Crippen LogP contribution in [-0.2, 0) is 38.6 Å². The number of ether oxygens (including phenoxy) is 2. The molecule has 1 heterocycles. The molecule has 2 aromatic rings. The second-order valence-corrected chi connectivity index (χ2v) is 12.9. The molecule has 1 aromatic heterocycles. The van der Waals surface area contributed by atoms with Gasteiger partial charge in [-0.05, 0) is 0 Å². The molecule has 2 amide bonds. The number of amides is 2. The number of carbonyl (C=O) groups excluding carboxylic acids is 3.